The van der Waals surface area contributed by atoms with Gasteiger partial charge in [0, 0.05) is 91.8 Å². The number of imidazole rings is 1. The lowest BCUT2D eigenvalue weighted by molar-refractivity contribution is -0.137. The summed E-state index contributed by atoms with van der Waals surface area (Å²) in [6.45, 7) is 4.15. The minimum Gasteiger partial charge on any atom is -0.445 e. The van der Waals surface area contributed by atoms with Crippen molar-refractivity contribution < 1.29 is 43.1 Å². The van der Waals surface area contributed by atoms with Crippen LogP contribution in [0.2, 0.25) is 0 Å². The first-order chi connectivity index (χ1) is 38.1. The molecule has 410 valence electrons. The van der Waals surface area contributed by atoms with Gasteiger partial charge in [0.1, 0.15) is 30.2 Å². The first-order valence-corrected chi connectivity index (χ1v) is 25.9. The van der Waals surface area contributed by atoms with Crippen molar-refractivity contribution >= 4 is 58.9 Å². The SMILES string of the molecule is CC(C)[C@H](NC(=O)CCCCCN1C(=O)C=CC1=O)C(=O)N[C@@H](CCCNC(N)=O)C(=O)Nc1ccc(COC(=O)NCCc2ccc(-c3cnc(N)c(C(=O)Cc4cnccc4-n4ccnc4-c4ccccc4)n3)cc2)cc1. The van der Waals surface area contributed by atoms with Crippen molar-refractivity contribution in [1.82, 2.24) is 50.7 Å². The van der Waals surface area contributed by atoms with Crippen molar-refractivity contribution in [2.24, 2.45) is 11.7 Å². The van der Waals surface area contributed by atoms with Crippen LogP contribution in [-0.2, 0) is 48.2 Å². The van der Waals surface area contributed by atoms with Gasteiger partial charge in [-0.15, -0.1) is 0 Å². The van der Waals surface area contributed by atoms with Crippen LogP contribution in [0.25, 0.3) is 28.3 Å². The van der Waals surface area contributed by atoms with E-state index in [9.17, 15) is 38.4 Å². The number of ketones is 1. The number of unbranched alkanes of at least 4 members (excludes halogenated alkanes) is 2. The lowest BCUT2D eigenvalue weighted by Gasteiger charge is -2.25. The number of amides is 8. The number of carbonyl (C=O) groups is 8. The quantitative estimate of drug-likeness (QED) is 0.0194. The number of alkyl carbamates (subject to hydrolysis) is 1. The molecule has 4 heterocycles. The summed E-state index contributed by atoms with van der Waals surface area (Å²) in [5, 5.41) is 13.5. The van der Waals surface area contributed by atoms with Crippen LogP contribution >= 0.6 is 0 Å². The molecule has 0 radical (unpaired) electrons. The maximum Gasteiger partial charge on any atom is 0.407 e. The van der Waals surface area contributed by atoms with Gasteiger partial charge in [-0.25, -0.2) is 24.5 Å². The molecule has 3 aromatic carbocycles. The Morgan fingerprint density at radius 2 is 1.47 bits per heavy atom. The number of imide groups is 1. The number of hydrogen-bond donors (Lipinski definition) is 7. The average molecular weight is 1070 g/mol. The Bertz CT molecular complexity index is 3150. The third-order valence-corrected chi connectivity index (χ3v) is 12.8. The molecule has 22 nitrogen and oxygen atoms in total. The molecule has 8 amide bonds. The molecule has 22 heteroatoms. The van der Waals surface area contributed by atoms with Crippen molar-refractivity contribution in [3.05, 3.63) is 150 Å². The minimum absolute atomic E-state index is 0.0114. The van der Waals surface area contributed by atoms with Crippen LogP contribution in [0.1, 0.15) is 79.6 Å². The molecule has 0 aliphatic carbocycles. The lowest BCUT2D eigenvalue weighted by atomic mass is 10.0. The van der Waals surface area contributed by atoms with E-state index < -0.39 is 36.0 Å². The highest BCUT2D eigenvalue weighted by molar-refractivity contribution is 6.12. The van der Waals surface area contributed by atoms with Crippen molar-refractivity contribution in [1.29, 1.82) is 0 Å². The number of nitrogens with two attached hydrogens (primary N) is 2. The monoisotopic (exact) mass is 1070 g/mol. The van der Waals surface area contributed by atoms with E-state index in [2.05, 4.69) is 46.5 Å². The number of aromatic nitrogens is 5. The zero-order chi connectivity index (χ0) is 56.3. The molecule has 2 atom stereocenters. The second-order valence-corrected chi connectivity index (χ2v) is 19.0. The van der Waals surface area contributed by atoms with Gasteiger partial charge < -0.3 is 42.8 Å². The lowest BCUT2D eigenvalue weighted by Crippen LogP contribution is -2.54. The highest BCUT2D eigenvalue weighted by atomic mass is 16.5. The molecule has 0 unspecified atom stereocenters. The van der Waals surface area contributed by atoms with Gasteiger partial charge >= 0.3 is 12.1 Å². The molecule has 0 spiro atoms. The van der Waals surface area contributed by atoms with E-state index in [1.165, 1.54) is 18.3 Å². The molecule has 1 aliphatic rings. The van der Waals surface area contributed by atoms with Crippen LogP contribution in [0.3, 0.4) is 0 Å². The van der Waals surface area contributed by atoms with Crippen LogP contribution in [0, 0.1) is 5.92 Å². The number of urea groups is 1. The predicted octanol–water partition coefficient (Wildman–Crippen LogP) is 5.37. The molecule has 3 aromatic heterocycles. The molecule has 6 aromatic rings. The number of carbonyl (C=O) groups excluding carboxylic acids is 8. The standard InChI is InChI=1S/C57H63N13O9/c1-36(2)50(68-47(72)13-7-4-8-30-70-48(73)22-23-49(70)74)55(76)67-43(12-9-26-62-56(59)77)54(75)65-42-20-16-38(17-21-42)35-79-57(78)63-28-24-37-14-18-39(19-15-37)44-34-64-52(58)51(66-44)46(71)32-41-33-60-27-25-45(41)69-31-29-61-53(69)40-10-5-3-6-11-40/h3,5-6,10-11,14-23,25,27,29,31,33-34,36,43,50H,4,7-9,12-13,24,26,28,30,32,35H2,1-2H3,(H2,58,64)(H,63,78)(H,65,75)(H,67,76)(H,68,72)(H3,59,62,77)/t43-,50-/m0/s1. The van der Waals surface area contributed by atoms with Crippen LogP contribution in [-0.4, -0.2) is 109 Å². The molecule has 0 saturated carbocycles. The van der Waals surface area contributed by atoms with Crippen LogP contribution in [0.15, 0.2) is 128 Å². The summed E-state index contributed by atoms with van der Waals surface area (Å²) in [5.41, 5.74) is 16.9. The van der Waals surface area contributed by atoms with E-state index in [4.69, 9.17) is 16.2 Å². The summed E-state index contributed by atoms with van der Waals surface area (Å²) in [5.74, 6) is -2.13. The highest BCUT2D eigenvalue weighted by Crippen LogP contribution is 2.26. The Labute approximate surface area is 456 Å². The fraction of sp³-hybridized carbons (Fsp3) is 0.298. The first-order valence-electron chi connectivity index (χ1n) is 25.9. The molecular formula is C57H63N13O9. The topological polar surface area (TPSA) is 318 Å². The normalized spacial score (nSPS) is 12.7. The third-order valence-electron chi connectivity index (χ3n) is 12.8. The summed E-state index contributed by atoms with van der Waals surface area (Å²) in [6.07, 6.45) is 12.7. The van der Waals surface area contributed by atoms with Gasteiger partial charge in [-0.2, -0.15) is 0 Å². The van der Waals surface area contributed by atoms with Crippen LogP contribution in [0.5, 0.6) is 0 Å². The van der Waals surface area contributed by atoms with Crippen molar-refractivity contribution in [3.63, 3.8) is 0 Å². The number of rotatable bonds is 27. The molecule has 7 rings (SSSR count). The average Bonchev–Trinajstić information content (AvgIpc) is 4.14. The number of ether oxygens (including phenoxy) is 1. The maximum absolute atomic E-state index is 13.8. The van der Waals surface area contributed by atoms with Crippen LogP contribution in [0.4, 0.5) is 21.1 Å². The Kier molecular flexibility index (Phi) is 20.2. The van der Waals surface area contributed by atoms with Gasteiger partial charge in [0.15, 0.2) is 11.6 Å². The first kappa shape index (κ1) is 57.1. The molecule has 0 fully saturated rings. The Morgan fingerprint density at radius 3 is 2.19 bits per heavy atom. The Balaban J connectivity index is 0.851. The summed E-state index contributed by atoms with van der Waals surface area (Å²) >= 11 is 0. The molecule has 1 aliphatic heterocycles. The van der Waals surface area contributed by atoms with Gasteiger partial charge in [-0.3, -0.25) is 43.2 Å². The largest absolute Gasteiger partial charge is 0.445 e. The van der Waals surface area contributed by atoms with Gasteiger partial charge in [-0.1, -0.05) is 87.0 Å². The van der Waals surface area contributed by atoms with E-state index >= 15 is 0 Å². The fourth-order valence-corrected chi connectivity index (χ4v) is 8.57. The number of nitrogens with zero attached hydrogens (tertiary/aromatic N) is 6. The number of benzene rings is 3. The minimum atomic E-state index is -1.05. The summed E-state index contributed by atoms with van der Waals surface area (Å²) in [6, 6.07) is 22.9. The van der Waals surface area contributed by atoms with E-state index in [0.717, 1.165) is 27.5 Å². The third kappa shape index (κ3) is 16.4. The smallest absolute Gasteiger partial charge is 0.407 e. The zero-order valence-electron chi connectivity index (χ0n) is 43.9. The van der Waals surface area contributed by atoms with E-state index in [-0.39, 0.29) is 86.4 Å². The number of nitrogens with one attached hydrogen (secondary N) is 5. The second-order valence-electron chi connectivity index (χ2n) is 19.0. The van der Waals surface area contributed by atoms with Gasteiger partial charge in [0.2, 0.25) is 17.7 Å². The van der Waals surface area contributed by atoms with Crippen molar-refractivity contribution in [3.8, 4) is 28.3 Å². The predicted molar refractivity (Wildman–Crippen MR) is 294 cm³/mol. The Morgan fingerprint density at radius 1 is 0.734 bits per heavy atom. The van der Waals surface area contributed by atoms with Gasteiger partial charge in [0.25, 0.3) is 11.8 Å². The molecular weight excluding hydrogens is 1010 g/mol. The van der Waals surface area contributed by atoms with Gasteiger partial charge in [0.05, 0.1) is 17.6 Å². The van der Waals surface area contributed by atoms with E-state index in [0.29, 0.717) is 60.2 Å². The number of Topliss-reactive ketones (excluding diaryl/α,β-unsaturated/α-hetero) is 1. The molecule has 9 N–H and O–H groups in total. The number of primary amides is 1. The van der Waals surface area contributed by atoms with E-state index in [1.54, 1.807) is 56.7 Å². The summed E-state index contributed by atoms with van der Waals surface area (Å²) in [7, 11) is 0. The second kappa shape index (κ2) is 28.0. The maximum atomic E-state index is 13.8. The fourth-order valence-electron chi connectivity index (χ4n) is 8.57. The van der Waals surface area contributed by atoms with Crippen molar-refractivity contribution in [2.45, 2.75) is 83.9 Å². The molecule has 0 bridgehead atoms. The number of nitrogen functional groups attached to an aromatic ring is 1. The molecule has 0 saturated heterocycles. The van der Waals surface area contributed by atoms with Crippen molar-refractivity contribution in [2.75, 3.05) is 30.7 Å². The number of pyridine rings is 1. The summed E-state index contributed by atoms with van der Waals surface area (Å²) in [4.78, 5) is 120. The van der Waals surface area contributed by atoms with Gasteiger partial charge in [-0.05, 0) is 67.3 Å². The van der Waals surface area contributed by atoms with E-state index in [1.807, 2.05) is 71.4 Å². The summed E-state index contributed by atoms with van der Waals surface area (Å²) < 4.78 is 7.35. The molecule has 79 heavy (non-hydrogen) atoms. The highest BCUT2D eigenvalue weighted by Gasteiger charge is 2.29. The number of hydrogen-bond acceptors (Lipinski definition) is 14. The zero-order valence-corrected chi connectivity index (χ0v) is 43.9. The van der Waals surface area contributed by atoms with Crippen LogP contribution < -0.4 is 38.1 Å². The number of anilines is 2. The Hall–Kier alpha value is -9.60.